The molecule has 2 aliphatic rings. The van der Waals surface area contributed by atoms with Crippen LogP contribution in [0.3, 0.4) is 0 Å². The van der Waals surface area contributed by atoms with Crippen molar-refractivity contribution < 1.29 is 23.8 Å². The van der Waals surface area contributed by atoms with E-state index in [2.05, 4.69) is 40.6 Å². The van der Waals surface area contributed by atoms with E-state index in [0.717, 1.165) is 50.0 Å². The minimum absolute atomic E-state index is 0.132. The van der Waals surface area contributed by atoms with E-state index in [1.165, 1.54) is 6.20 Å². The van der Waals surface area contributed by atoms with E-state index >= 15 is 0 Å². The zero-order valence-corrected chi connectivity index (χ0v) is 28.8. The number of esters is 1. The Morgan fingerprint density at radius 3 is 2.51 bits per heavy atom. The standard InChI is InChI=1S/C36H46ClN5O5/c1-6-46-34(43)19-29(25-7-8-25)26-11-14-39-33(17-26)47-22-24-12-15-41(16-13-24)30-18-27(45-5)9-10-28(30)35(44)42(23-36(2,3)4)32-21-38-20-31(37)40-32/h9-11,14,17-18,20-21,24-25,29H,6-8,12-13,15-16,19,22-23H2,1-5H3. The van der Waals surface area contributed by atoms with Gasteiger partial charge in [-0.15, -0.1) is 0 Å². The predicted molar refractivity (Wildman–Crippen MR) is 183 cm³/mol. The summed E-state index contributed by atoms with van der Waals surface area (Å²) in [6, 6.07) is 9.55. The molecule has 1 aromatic carbocycles. The Kier molecular flexibility index (Phi) is 11.2. The van der Waals surface area contributed by atoms with Gasteiger partial charge in [0.25, 0.3) is 5.91 Å². The van der Waals surface area contributed by atoms with E-state index < -0.39 is 0 Å². The van der Waals surface area contributed by atoms with Gasteiger partial charge in [-0.1, -0.05) is 32.4 Å². The van der Waals surface area contributed by atoms with Crippen LogP contribution >= 0.6 is 11.6 Å². The first-order valence-electron chi connectivity index (χ1n) is 16.5. The molecule has 0 spiro atoms. The Bertz CT molecular complexity index is 1530. The number of methoxy groups -OCH3 is 1. The minimum Gasteiger partial charge on any atom is -0.497 e. The first-order chi connectivity index (χ1) is 22.5. The summed E-state index contributed by atoms with van der Waals surface area (Å²) in [4.78, 5) is 43.5. The molecule has 2 aromatic heterocycles. The second kappa shape index (κ2) is 15.3. The van der Waals surface area contributed by atoms with Gasteiger partial charge >= 0.3 is 5.97 Å². The maximum atomic E-state index is 14.2. The van der Waals surface area contributed by atoms with Crippen LogP contribution in [0.5, 0.6) is 11.6 Å². The van der Waals surface area contributed by atoms with Crippen LogP contribution < -0.4 is 19.3 Å². The number of rotatable bonds is 13. The van der Waals surface area contributed by atoms with Gasteiger partial charge in [0.2, 0.25) is 5.88 Å². The Labute approximate surface area is 282 Å². The molecule has 0 bridgehead atoms. The van der Waals surface area contributed by atoms with Crippen molar-refractivity contribution in [2.45, 2.75) is 65.7 Å². The summed E-state index contributed by atoms with van der Waals surface area (Å²) in [6.45, 7) is 11.0. The Morgan fingerprint density at radius 2 is 1.85 bits per heavy atom. The van der Waals surface area contributed by atoms with Gasteiger partial charge in [-0.05, 0) is 79.5 Å². The van der Waals surface area contributed by atoms with Gasteiger partial charge in [-0.2, -0.15) is 0 Å². The highest BCUT2D eigenvalue weighted by atomic mass is 35.5. The summed E-state index contributed by atoms with van der Waals surface area (Å²) in [7, 11) is 1.63. The summed E-state index contributed by atoms with van der Waals surface area (Å²) in [5.74, 6) is 2.33. The normalized spacial score (nSPS) is 16.0. The van der Waals surface area contributed by atoms with E-state index in [0.29, 0.717) is 61.0 Å². The van der Waals surface area contributed by atoms with Crippen molar-refractivity contribution >= 4 is 35.0 Å². The number of piperidine rings is 1. The number of benzene rings is 1. The fourth-order valence-electron chi connectivity index (χ4n) is 6.15. The Balaban J connectivity index is 1.26. The average Bonchev–Trinajstić information content (AvgIpc) is 3.90. The van der Waals surface area contributed by atoms with Crippen LogP contribution in [0.25, 0.3) is 0 Å². The third kappa shape index (κ3) is 9.34. The van der Waals surface area contributed by atoms with Gasteiger partial charge in [0.1, 0.15) is 10.9 Å². The third-order valence-corrected chi connectivity index (χ3v) is 8.86. The first-order valence-corrected chi connectivity index (χ1v) is 16.9. The van der Waals surface area contributed by atoms with Crippen molar-refractivity contribution in [3.05, 3.63) is 65.2 Å². The van der Waals surface area contributed by atoms with E-state index in [1.54, 1.807) is 24.4 Å². The number of hydrogen-bond acceptors (Lipinski definition) is 9. The summed E-state index contributed by atoms with van der Waals surface area (Å²) < 4.78 is 17.0. The number of anilines is 2. The van der Waals surface area contributed by atoms with Gasteiger partial charge < -0.3 is 19.1 Å². The molecule has 0 N–H and O–H groups in total. The van der Waals surface area contributed by atoms with Crippen LogP contribution in [-0.2, 0) is 9.53 Å². The lowest BCUT2D eigenvalue weighted by atomic mass is 9.92. The molecule has 11 heteroatoms. The molecule has 1 amide bonds. The van der Waals surface area contributed by atoms with Crippen molar-refractivity contribution in [3.8, 4) is 11.6 Å². The lowest BCUT2D eigenvalue weighted by Gasteiger charge is -2.36. The number of ether oxygens (including phenoxy) is 3. The van der Waals surface area contributed by atoms with E-state index in [1.807, 2.05) is 37.3 Å². The van der Waals surface area contributed by atoms with Crippen LogP contribution in [0.4, 0.5) is 11.5 Å². The molecular weight excluding hydrogens is 618 g/mol. The molecule has 252 valence electrons. The zero-order chi connectivity index (χ0) is 33.6. The van der Waals surface area contributed by atoms with Gasteiger partial charge in [-0.3, -0.25) is 19.5 Å². The zero-order valence-electron chi connectivity index (χ0n) is 28.1. The van der Waals surface area contributed by atoms with Crippen LogP contribution in [0, 0.1) is 17.3 Å². The monoisotopic (exact) mass is 663 g/mol. The highest BCUT2D eigenvalue weighted by Gasteiger charge is 2.35. The summed E-state index contributed by atoms with van der Waals surface area (Å²) in [6.07, 6.45) is 9.23. The number of nitrogens with zero attached hydrogens (tertiary/aromatic N) is 5. The Hall–Kier alpha value is -3.92. The van der Waals surface area contributed by atoms with Crippen molar-refractivity contribution in [1.29, 1.82) is 0 Å². The van der Waals surface area contributed by atoms with Gasteiger partial charge in [0.15, 0.2) is 5.82 Å². The van der Waals surface area contributed by atoms with Crippen LogP contribution in [-0.4, -0.2) is 66.8 Å². The molecule has 1 saturated heterocycles. The fraction of sp³-hybridized carbons (Fsp3) is 0.528. The topological polar surface area (TPSA) is 107 Å². The van der Waals surface area contributed by atoms with Gasteiger partial charge in [-0.25, -0.2) is 9.97 Å². The molecule has 1 saturated carbocycles. The van der Waals surface area contributed by atoms with Gasteiger partial charge in [0, 0.05) is 38.0 Å². The van der Waals surface area contributed by atoms with Crippen LogP contribution in [0.2, 0.25) is 5.15 Å². The van der Waals surface area contributed by atoms with Crippen molar-refractivity contribution in [2.75, 3.05) is 49.8 Å². The van der Waals surface area contributed by atoms with Crippen molar-refractivity contribution in [2.24, 2.45) is 17.3 Å². The molecule has 1 atom stereocenters. The van der Waals surface area contributed by atoms with E-state index in [4.69, 9.17) is 25.8 Å². The van der Waals surface area contributed by atoms with Crippen LogP contribution in [0.15, 0.2) is 48.9 Å². The summed E-state index contributed by atoms with van der Waals surface area (Å²) >= 11 is 6.18. The average molecular weight is 664 g/mol. The third-order valence-electron chi connectivity index (χ3n) is 8.67. The van der Waals surface area contributed by atoms with Crippen LogP contribution in [0.1, 0.15) is 81.6 Å². The predicted octanol–water partition coefficient (Wildman–Crippen LogP) is 6.97. The first kappa shape index (κ1) is 34.4. The molecule has 2 fully saturated rings. The fourth-order valence-corrected chi connectivity index (χ4v) is 6.30. The minimum atomic E-state index is -0.196. The lowest BCUT2D eigenvalue weighted by molar-refractivity contribution is -0.143. The number of carbonyl (C=O) groups is 2. The number of carbonyl (C=O) groups excluding carboxylic acids is 2. The van der Waals surface area contributed by atoms with Crippen molar-refractivity contribution in [1.82, 2.24) is 15.0 Å². The Morgan fingerprint density at radius 1 is 1.09 bits per heavy atom. The largest absolute Gasteiger partial charge is 0.497 e. The number of hydrogen-bond donors (Lipinski definition) is 0. The number of halogens is 1. The lowest BCUT2D eigenvalue weighted by Crippen LogP contribution is -2.41. The van der Waals surface area contributed by atoms with E-state index in [-0.39, 0.29) is 28.4 Å². The highest BCUT2D eigenvalue weighted by molar-refractivity contribution is 6.29. The molecule has 1 aliphatic heterocycles. The molecule has 47 heavy (non-hydrogen) atoms. The molecule has 10 nitrogen and oxygen atoms in total. The molecule has 1 aliphatic carbocycles. The SMILES string of the molecule is CCOC(=O)CC(c1ccnc(OCC2CCN(c3cc(OC)ccc3C(=O)N(CC(C)(C)C)c3cncc(Cl)n3)CC2)c1)C1CC1. The molecule has 5 rings (SSSR count). The maximum absolute atomic E-state index is 14.2. The van der Waals surface area contributed by atoms with Crippen molar-refractivity contribution in [3.63, 3.8) is 0 Å². The molecule has 1 unspecified atom stereocenters. The maximum Gasteiger partial charge on any atom is 0.306 e. The second-order valence-electron chi connectivity index (χ2n) is 13.7. The number of pyridine rings is 1. The molecule has 3 heterocycles. The quantitative estimate of drug-likeness (QED) is 0.179. The van der Waals surface area contributed by atoms with Gasteiger partial charge in [0.05, 0.1) is 50.4 Å². The molecule has 0 radical (unpaired) electrons. The smallest absolute Gasteiger partial charge is 0.306 e. The van der Waals surface area contributed by atoms with E-state index in [9.17, 15) is 9.59 Å². The number of aromatic nitrogens is 3. The highest BCUT2D eigenvalue weighted by Crippen LogP contribution is 2.45. The molecular formula is C36H46ClN5O5. The summed E-state index contributed by atoms with van der Waals surface area (Å²) in [5, 5.41) is 0.231. The molecule has 3 aromatic rings. The summed E-state index contributed by atoms with van der Waals surface area (Å²) in [5.41, 5.74) is 2.28. The second-order valence-corrected chi connectivity index (χ2v) is 14.0. The number of amides is 1.